The summed E-state index contributed by atoms with van der Waals surface area (Å²) in [5.74, 6) is 0.821. The third kappa shape index (κ3) is 5.30. The number of benzene rings is 2. The minimum absolute atomic E-state index is 0.00427. The minimum atomic E-state index is -0.805. The van der Waals surface area contributed by atoms with Gasteiger partial charge in [0.25, 0.3) is 11.2 Å². The molecule has 5 rings (SSSR count). The van der Waals surface area contributed by atoms with Gasteiger partial charge in [0.15, 0.2) is 4.80 Å². The fraction of sp³-hybridized carbons (Fsp3) is 0.258. The highest BCUT2D eigenvalue weighted by molar-refractivity contribution is 7.07. The summed E-state index contributed by atoms with van der Waals surface area (Å²) in [6, 6.07) is 14.7. The molecule has 0 amide bonds. The molecule has 3 heterocycles. The number of rotatable bonds is 9. The first-order chi connectivity index (χ1) is 20.3. The Morgan fingerprint density at radius 2 is 1.98 bits per heavy atom. The van der Waals surface area contributed by atoms with Gasteiger partial charge in [0.05, 0.1) is 34.4 Å². The topological polar surface area (TPSA) is 126 Å². The summed E-state index contributed by atoms with van der Waals surface area (Å²) in [5.41, 5.74) is 2.26. The molecule has 10 nitrogen and oxygen atoms in total. The molecule has 0 saturated carbocycles. The zero-order chi connectivity index (χ0) is 30.0. The summed E-state index contributed by atoms with van der Waals surface area (Å²) < 4.78 is 18.9. The summed E-state index contributed by atoms with van der Waals surface area (Å²) in [4.78, 5) is 43.5. The van der Waals surface area contributed by atoms with E-state index in [2.05, 4.69) is 0 Å². The Morgan fingerprint density at radius 1 is 1.19 bits per heavy atom. The number of aryl methyl sites for hydroxylation is 1. The lowest BCUT2D eigenvalue weighted by Gasteiger charge is -2.26. The molecule has 1 aliphatic heterocycles. The van der Waals surface area contributed by atoms with Crippen LogP contribution in [0, 0.1) is 17.0 Å². The Balaban J connectivity index is 1.67. The molecule has 0 saturated heterocycles. The van der Waals surface area contributed by atoms with Crippen LogP contribution in [0.5, 0.6) is 5.75 Å². The number of allylic oxidation sites excluding steroid dienone is 1. The van der Waals surface area contributed by atoms with Crippen LogP contribution in [-0.4, -0.2) is 29.2 Å². The van der Waals surface area contributed by atoms with E-state index in [1.54, 1.807) is 57.4 Å². The second-order valence-corrected chi connectivity index (χ2v) is 10.6. The Hall–Kier alpha value is -4.77. The number of furan rings is 1. The largest absolute Gasteiger partial charge is 0.496 e. The summed E-state index contributed by atoms with van der Waals surface area (Å²) in [6.45, 7) is 5.58. The second-order valence-electron chi connectivity index (χ2n) is 9.62. The van der Waals surface area contributed by atoms with Gasteiger partial charge in [-0.05, 0) is 38.5 Å². The van der Waals surface area contributed by atoms with Crippen molar-refractivity contribution in [3.63, 3.8) is 0 Å². The standard InChI is InChI=1S/C31H29N3O7S/c1-5-9-22-27(30(36)40-6-2)28(21-10-7-8-11-25(21)39-4)33-29(35)26(42-31(33)32-22)17-20-14-15-24(41-20)19-13-12-18(3)23(16-19)34(37)38/h7-8,10-17,28H,5-6,9H2,1-4H3/b26-17-. The highest BCUT2D eigenvalue weighted by Gasteiger charge is 2.35. The van der Waals surface area contributed by atoms with E-state index in [1.807, 2.05) is 25.1 Å². The molecule has 2 aromatic carbocycles. The van der Waals surface area contributed by atoms with E-state index in [0.717, 1.165) is 6.42 Å². The van der Waals surface area contributed by atoms with Gasteiger partial charge in [0, 0.05) is 28.8 Å². The van der Waals surface area contributed by atoms with Crippen LogP contribution in [0.25, 0.3) is 17.4 Å². The van der Waals surface area contributed by atoms with E-state index in [-0.39, 0.29) is 17.9 Å². The Kier molecular flexibility index (Phi) is 8.21. The van der Waals surface area contributed by atoms with Crippen LogP contribution in [-0.2, 0) is 9.53 Å². The number of hydrogen-bond donors (Lipinski definition) is 0. The zero-order valence-electron chi connectivity index (χ0n) is 23.6. The van der Waals surface area contributed by atoms with Crippen molar-refractivity contribution >= 4 is 29.1 Å². The molecule has 1 atom stereocenters. The molecule has 0 fully saturated rings. The number of nitro groups is 1. The van der Waals surface area contributed by atoms with E-state index < -0.39 is 16.9 Å². The zero-order valence-corrected chi connectivity index (χ0v) is 24.4. The summed E-state index contributed by atoms with van der Waals surface area (Å²) in [6.07, 6.45) is 2.87. The number of thiazole rings is 1. The number of methoxy groups -OCH3 is 1. The first-order valence-electron chi connectivity index (χ1n) is 13.5. The maximum absolute atomic E-state index is 14.0. The molecule has 0 spiro atoms. The Morgan fingerprint density at radius 3 is 2.69 bits per heavy atom. The Bertz CT molecular complexity index is 1900. The predicted molar refractivity (Wildman–Crippen MR) is 158 cm³/mol. The van der Waals surface area contributed by atoms with Crippen LogP contribution in [0.15, 0.2) is 80.1 Å². The van der Waals surface area contributed by atoms with Gasteiger partial charge in [-0.3, -0.25) is 19.5 Å². The van der Waals surface area contributed by atoms with Gasteiger partial charge < -0.3 is 13.9 Å². The van der Waals surface area contributed by atoms with Gasteiger partial charge in [0.2, 0.25) is 0 Å². The molecule has 1 unspecified atom stereocenters. The smallest absolute Gasteiger partial charge is 0.338 e. The third-order valence-electron chi connectivity index (χ3n) is 6.92. The van der Waals surface area contributed by atoms with Crippen LogP contribution in [0.1, 0.15) is 49.6 Å². The number of ether oxygens (including phenoxy) is 2. The van der Waals surface area contributed by atoms with Gasteiger partial charge in [-0.25, -0.2) is 9.79 Å². The van der Waals surface area contributed by atoms with Gasteiger partial charge >= 0.3 is 5.97 Å². The molecule has 2 aromatic heterocycles. The third-order valence-corrected chi connectivity index (χ3v) is 7.90. The fourth-order valence-corrected chi connectivity index (χ4v) is 5.98. The van der Waals surface area contributed by atoms with E-state index >= 15 is 0 Å². The lowest BCUT2D eigenvalue weighted by molar-refractivity contribution is -0.385. The minimum Gasteiger partial charge on any atom is -0.496 e. The van der Waals surface area contributed by atoms with E-state index in [9.17, 15) is 19.7 Å². The van der Waals surface area contributed by atoms with Crippen LogP contribution >= 0.6 is 11.3 Å². The molecular weight excluding hydrogens is 558 g/mol. The van der Waals surface area contributed by atoms with Crippen molar-refractivity contribution in [3.8, 4) is 17.1 Å². The van der Waals surface area contributed by atoms with Crippen molar-refractivity contribution in [3.05, 3.63) is 113 Å². The van der Waals surface area contributed by atoms with E-state index in [1.165, 1.54) is 22.0 Å². The maximum atomic E-state index is 14.0. The van der Waals surface area contributed by atoms with Crippen molar-refractivity contribution in [2.75, 3.05) is 13.7 Å². The van der Waals surface area contributed by atoms with Crippen molar-refractivity contribution in [2.24, 2.45) is 4.99 Å². The number of fused-ring (bicyclic) bond motifs is 1. The van der Waals surface area contributed by atoms with E-state index in [4.69, 9.17) is 18.9 Å². The van der Waals surface area contributed by atoms with Crippen LogP contribution < -0.4 is 19.6 Å². The predicted octanol–water partition coefficient (Wildman–Crippen LogP) is 5.06. The number of carbonyl (C=O) groups excluding carboxylic acids is 1. The number of aromatic nitrogens is 1. The highest BCUT2D eigenvalue weighted by atomic mass is 32.1. The molecule has 0 bridgehead atoms. The maximum Gasteiger partial charge on any atom is 0.338 e. The lowest BCUT2D eigenvalue weighted by atomic mass is 9.93. The van der Waals surface area contributed by atoms with Gasteiger partial charge in [-0.15, -0.1) is 0 Å². The number of nitrogens with zero attached hydrogens (tertiary/aromatic N) is 3. The molecule has 1 aliphatic rings. The summed E-state index contributed by atoms with van der Waals surface area (Å²) >= 11 is 1.19. The fourth-order valence-electron chi connectivity index (χ4n) is 4.98. The molecule has 42 heavy (non-hydrogen) atoms. The van der Waals surface area contributed by atoms with E-state index in [0.29, 0.717) is 61.0 Å². The average molecular weight is 588 g/mol. The number of nitro benzene ring substituents is 1. The molecule has 0 radical (unpaired) electrons. The molecule has 0 N–H and O–H groups in total. The van der Waals surface area contributed by atoms with Crippen molar-refractivity contribution in [1.29, 1.82) is 0 Å². The molecule has 0 aliphatic carbocycles. The number of esters is 1. The number of para-hydroxylation sites is 1. The highest BCUT2D eigenvalue weighted by Crippen LogP contribution is 2.37. The number of carbonyl (C=O) groups is 1. The van der Waals surface area contributed by atoms with Crippen molar-refractivity contribution in [1.82, 2.24) is 4.57 Å². The monoisotopic (exact) mass is 587 g/mol. The van der Waals surface area contributed by atoms with Crippen LogP contribution in [0.4, 0.5) is 5.69 Å². The average Bonchev–Trinajstić information content (AvgIpc) is 3.57. The lowest BCUT2D eigenvalue weighted by Crippen LogP contribution is -2.40. The SMILES string of the molecule is CCCC1=C(C(=O)OCC)C(c2ccccc2OC)n2c(s/c(=C\c3ccc(-c4ccc(C)c([N+](=O)[O-])c4)o3)c2=O)=N1. The summed E-state index contributed by atoms with van der Waals surface area (Å²) in [7, 11) is 1.54. The van der Waals surface area contributed by atoms with Crippen LogP contribution in [0.2, 0.25) is 0 Å². The Labute approximate surface area is 245 Å². The quantitative estimate of drug-likeness (QED) is 0.152. The second kappa shape index (κ2) is 12.0. The number of hydrogen-bond acceptors (Lipinski definition) is 9. The molecule has 216 valence electrons. The van der Waals surface area contributed by atoms with Crippen molar-refractivity contribution in [2.45, 2.75) is 39.7 Å². The van der Waals surface area contributed by atoms with Gasteiger partial charge in [0.1, 0.15) is 23.3 Å². The van der Waals surface area contributed by atoms with Gasteiger partial charge in [-0.1, -0.05) is 55.0 Å². The summed E-state index contributed by atoms with van der Waals surface area (Å²) in [5, 5.41) is 11.4. The molecule has 11 heteroatoms. The first-order valence-corrected chi connectivity index (χ1v) is 14.3. The van der Waals surface area contributed by atoms with Crippen molar-refractivity contribution < 1.29 is 23.6 Å². The van der Waals surface area contributed by atoms with Gasteiger partial charge in [-0.2, -0.15) is 0 Å². The molecule has 4 aromatic rings. The normalized spacial score (nSPS) is 14.9. The first kappa shape index (κ1) is 28.7. The van der Waals surface area contributed by atoms with Crippen LogP contribution in [0.3, 0.4) is 0 Å². The molecular formula is C31H29N3O7S.